The van der Waals surface area contributed by atoms with Gasteiger partial charge < -0.3 is 10.2 Å². The van der Waals surface area contributed by atoms with Crippen LogP contribution in [0.15, 0.2) is 48.5 Å². The lowest BCUT2D eigenvalue weighted by Crippen LogP contribution is -2.49. The van der Waals surface area contributed by atoms with E-state index in [0.29, 0.717) is 15.7 Å². The molecule has 7 nitrogen and oxygen atoms in total. The van der Waals surface area contributed by atoms with Crippen molar-refractivity contribution in [2.75, 3.05) is 17.1 Å². The molecule has 2 atom stereocenters. The van der Waals surface area contributed by atoms with Gasteiger partial charge in [-0.1, -0.05) is 42.3 Å². The molecule has 2 aromatic rings. The van der Waals surface area contributed by atoms with Gasteiger partial charge in [-0.2, -0.15) is 0 Å². The van der Waals surface area contributed by atoms with Crippen molar-refractivity contribution < 1.29 is 18.0 Å². The maximum Gasteiger partial charge on any atom is 0.242 e. The number of anilines is 1. The Morgan fingerprint density at radius 2 is 1.51 bits per heavy atom. The smallest absolute Gasteiger partial charge is 0.242 e. The summed E-state index contributed by atoms with van der Waals surface area (Å²) in [5.74, 6) is -0.475. The van der Waals surface area contributed by atoms with Gasteiger partial charge in [-0.3, -0.25) is 13.9 Å². The second-order valence-electron chi connectivity index (χ2n) is 8.56. The lowest BCUT2D eigenvalue weighted by Gasteiger charge is -2.30. The third kappa shape index (κ3) is 9.02. The summed E-state index contributed by atoms with van der Waals surface area (Å²) in [5.41, 5.74) is 1.31. The number of nitrogens with one attached hydrogen (secondary N) is 1. The molecule has 1 N–H and O–H groups in total. The molecule has 0 aromatic heterocycles. The molecular weight excluding hydrogens is 509 g/mol. The maximum absolute atomic E-state index is 13.3. The number of rotatable bonds is 12. The molecule has 0 fully saturated rings. The van der Waals surface area contributed by atoms with Crippen molar-refractivity contribution in [3.63, 3.8) is 0 Å². The van der Waals surface area contributed by atoms with Gasteiger partial charge in [-0.05, 0) is 68.7 Å². The van der Waals surface area contributed by atoms with Gasteiger partial charge in [0.15, 0.2) is 0 Å². The van der Waals surface area contributed by atoms with Crippen LogP contribution >= 0.6 is 23.2 Å². The molecule has 10 heteroatoms. The van der Waals surface area contributed by atoms with Crippen LogP contribution in [0.1, 0.15) is 45.6 Å². The van der Waals surface area contributed by atoms with Crippen molar-refractivity contribution in [3.8, 4) is 0 Å². The Labute approximate surface area is 218 Å². The van der Waals surface area contributed by atoms with Gasteiger partial charge in [0.1, 0.15) is 6.04 Å². The average Bonchev–Trinajstić information content (AvgIpc) is 2.80. The highest BCUT2D eigenvalue weighted by Gasteiger charge is 2.27. The zero-order valence-electron chi connectivity index (χ0n) is 20.5. The molecule has 2 rings (SSSR count). The van der Waals surface area contributed by atoms with Crippen molar-refractivity contribution >= 4 is 50.7 Å². The molecule has 0 heterocycles. The number of hydrogen-bond acceptors (Lipinski definition) is 4. The Balaban J connectivity index is 2.15. The summed E-state index contributed by atoms with van der Waals surface area (Å²) in [6.07, 6.45) is 2.26. The van der Waals surface area contributed by atoms with Gasteiger partial charge >= 0.3 is 0 Å². The van der Waals surface area contributed by atoms with Crippen LogP contribution in [0, 0.1) is 0 Å². The molecular formula is C25H33Cl2N3O4S. The first-order chi connectivity index (χ1) is 16.4. The second-order valence-corrected chi connectivity index (χ2v) is 11.3. The minimum atomic E-state index is -3.56. The van der Waals surface area contributed by atoms with Crippen LogP contribution in [-0.2, 0) is 26.2 Å². The predicted octanol–water partition coefficient (Wildman–Crippen LogP) is 4.87. The van der Waals surface area contributed by atoms with E-state index in [2.05, 4.69) is 5.32 Å². The zero-order chi connectivity index (χ0) is 26.2. The normalized spacial score (nSPS) is 13.1. The summed E-state index contributed by atoms with van der Waals surface area (Å²) in [4.78, 5) is 27.6. The first-order valence-electron chi connectivity index (χ1n) is 11.5. The Kier molecular flexibility index (Phi) is 10.9. The quantitative estimate of drug-likeness (QED) is 0.415. The minimum absolute atomic E-state index is 0.0138. The summed E-state index contributed by atoms with van der Waals surface area (Å²) in [6, 6.07) is 12.9. The number of halogens is 2. The molecule has 35 heavy (non-hydrogen) atoms. The lowest BCUT2D eigenvalue weighted by atomic mass is 10.1. The Morgan fingerprint density at radius 3 is 2.03 bits per heavy atom. The highest BCUT2D eigenvalue weighted by atomic mass is 35.5. The predicted molar refractivity (Wildman–Crippen MR) is 142 cm³/mol. The van der Waals surface area contributed by atoms with Crippen molar-refractivity contribution in [1.29, 1.82) is 0 Å². The molecule has 0 radical (unpaired) electrons. The Bertz CT molecular complexity index is 1090. The number of carbonyl (C=O) groups is 2. The van der Waals surface area contributed by atoms with E-state index in [1.165, 1.54) is 9.21 Å². The van der Waals surface area contributed by atoms with Crippen LogP contribution in [-0.4, -0.2) is 50.0 Å². The number of nitrogens with zero attached hydrogens (tertiary/aromatic N) is 2. The fourth-order valence-corrected chi connectivity index (χ4v) is 4.66. The van der Waals surface area contributed by atoms with Gasteiger partial charge in [-0.25, -0.2) is 8.42 Å². The number of hydrogen-bond donors (Lipinski definition) is 1. The Hall–Kier alpha value is -2.29. The lowest BCUT2D eigenvalue weighted by molar-refractivity contribution is -0.140. The second kappa shape index (κ2) is 13.1. The van der Waals surface area contributed by atoms with E-state index in [1.807, 2.05) is 26.0 Å². The van der Waals surface area contributed by atoms with Crippen LogP contribution in [0.3, 0.4) is 0 Å². The van der Waals surface area contributed by atoms with Gasteiger partial charge in [0, 0.05) is 35.6 Å². The molecule has 2 amide bonds. The largest absolute Gasteiger partial charge is 0.352 e. The fraction of sp³-hybridized carbons (Fsp3) is 0.440. The number of amides is 2. The molecule has 0 aliphatic carbocycles. The topological polar surface area (TPSA) is 86.8 Å². The summed E-state index contributed by atoms with van der Waals surface area (Å²) >= 11 is 11.9. The first kappa shape index (κ1) is 28.9. The summed E-state index contributed by atoms with van der Waals surface area (Å²) in [5, 5.41) is 4.01. The van der Waals surface area contributed by atoms with Crippen LogP contribution in [0.5, 0.6) is 0 Å². The van der Waals surface area contributed by atoms with E-state index in [0.717, 1.165) is 18.2 Å². The first-order valence-corrected chi connectivity index (χ1v) is 14.1. The Morgan fingerprint density at radius 1 is 0.971 bits per heavy atom. The van der Waals surface area contributed by atoms with E-state index < -0.39 is 16.1 Å². The van der Waals surface area contributed by atoms with Crippen molar-refractivity contribution in [1.82, 2.24) is 10.2 Å². The fourth-order valence-electron chi connectivity index (χ4n) is 3.45. The molecule has 0 saturated heterocycles. The summed E-state index contributed by atoms with van der Waals surface area (Å²) in [6.45, 7) is 5.93. The molecule has 0 spiro atoms. The van der Waals surface area contributed by atoms with Gasteiger partial charge in [-0.15, -0.1) is 0 Å². The monoisotopic (exact) mass is 541 g/mol. The highest BCUT2D eigenvalue weighted by molar-refractivity contribution is 7.92. The molecule has 0 bridgehead atoms. The number of carbonyl (C=O) groups excluding carboxylic acids is 2. The van der Waals surface area contributed by atoms with E-state index in [9.17, 15) is 18.0 Å². The van der Waals surface area contributed by atoms with Crippen molar-refractivity contribution in [2.45, 2.75) is 58.7 Å². The van der Waals surface area contributed by atoms with Crippen LogP contribution in [0.25, 0.3) is 0 Å². The van der Waals surface area contributed by atoms with E-state index >= 15 is 0 Å². The minimum Gasteiger partial charge on any atom is -0.352 e. The molecule has 0 saturated carbocycles. The van der Waals surface area contributed by atoms with Gasteiger partial charge in [0.25, 0.3) is 0 Å². The van der Waals surface area contributed by atoms with Crippen molar-refractivity contribution in [3.05, 3.63) is 64.1 Å². The van der Waals surface area contributed by atoms with E-state index in [-0.39, 0.29) is 43.8 Å². The van der Waals surface area contributed by atoms with Gasteiger partial charge in [0.2, 0.25) is 21.8 Å². The molecule has 2 aromatic carbocycles. The van der Waals surface area contributed by atoms with Crippen LogP contribution in [0.2, 0.25) is 10.0 Å². The summed E-state index contributed by atoms with van der Waals surface area (Å²) < 4.78 is 26.0. The summed E-state index contributed by atoms with van der Waals surface area (Å²) in [7, 11) is -3.56. The number of benzene rings is 2. The van der Waals surface area contributed by atoms with Crippen LogP contribution in [0.4, 0.5) is 5.69 Å². The van der Waals surface area contributed by atoms with Crippen molar-refractivity contribution in [2.24, 2.45) is 0 Å². The van der Waals surface area contributed by atoms with Gasteiger partial charge in [0.05, 0.1) is 11.9 Å². The van der Waals surface area contributed by atoms with E-state index in [4.69, 9.17) is 23.2 Å². The molecule has 0 aliphatic heterocycles. The zero-order valence-corrected chi connectivity index (χ0v) is 22.8. The molecule has 0 aliphatic rings. The number of sulfonamides is 1. The average molecular weight is 543 g/mol. The van der Waals surface area contributed by atoms with Crippen LogP contribution < -0.4 is 9.62 Å². The van der Waals surface area contributed by atoms with E-state index in [1.54, 1.807) is 43.3 Å². The molecule has 2 unspecified atom stereocenters. The SMILES string of the molecule is CCC(C)NC(=O)C(C)N(Cc1ccc(Cl)cc1)C(=O)CCCN(c1ccc(Cl)cc1)S(C)(=O)=O. The standard InChI is InChI=1S/C25H33Cl2N3O4S/c1-5-18(2)28-25(32)19(3)29(17-20-8-10-21(26)11-9-20)24(31)7-6-16-30(35(4,33)34)23-14-12-22(27)13-15-23/h8-15,18-19H,5-7,16-17H2,1-4H3,(H,28,32). The highest BCUT2D eigenvalue weighted by Crippen LogP contribution is 2.21. The third-order valence-corrected chi connectivity index (χ3v) is 7.40. The third-order valence-electron chi connectivity index (χ3n) is 5.70. The molecule has 192 valence electrons. The maximum atomic E-state index is 13.3.